The molecule has 0 aromatic heterocycles. The highest BCUT2D eigenvalue weighted by molar-refractivity contribution is 7.89. The van der Waals surface area contributed by atoms with Crippen molar-refractivity contribution in [3.8, 4) is 0 Å². The van der Waals surface area contributed by atoms with Gasteiger partial charge in [-0.15, -0.1) is 0 Å². The van der Waals surface area contributed by atoms with Gasteiger partial charge in [0.15, 0.2) is 0 Å². The second-order valence-corrected chi connectivity index (χ2v) is 7.69. The third-order valence-corrected chi connectivity index (χ3v) is 5.24. The third kappa shape index (κ3) is 4.37. The number of nitrogens with one attached hydrogen (secondary N) is 2. The molecule has 0 atom stereocenters. The minimum atomic E-state index is -3.69. The van der Waals surface area contributed by atoms with Gasteiger partial charge in [0.2, 0.25) is 15.9 Å². The first-order valence-corrected chi connectivity index (χ1v) is 9.35. The molecule has 2 N–H and O–H groups in total. The van der Waals surface area contributed by atoms with Crippen LogP contribution in [-0.2, 0) is 14.8 Å². The van der Waals surface area contributed by atoms with Gasteiger partial charge in [0.05, 0.1) is 4.90 Å². The van der Waals surface area contributed by atoms with E-state index >= 15 is 0 Å². The zero-order chi connectivity index (χ0) is 18.6. The van der Waals surface area contributed by atoms with Crippen LogP contribution in [0.3, 0.4) is 0 Å². The lowest BCUT2D eigenvalue weighted by Crippen LogP contribution is -2.34. The largest absolute Gasteiger partial charge is 0.377 e. The maximum atomic E-state index is 12.7. The van der Waals surface area contributed by atoms with Crippen molar-refractivity contribution in [2.45, 2.75) is 11.8 Å². The van der Waals surface area contributed by atoms with Crippen molar-refractivity contribution in [3.63, 3.8) is 0 Å². The van der Waals surface area contributed by atoms with Gasteiger partial charge in [-0.3, -0.25) is 4.79 Å². The molecule has 0 aliphatic carbocycles. The predicted molar refractivity (Wildman–Crippen MR) is 101 cm³/mol. The number of fused-ring (bicyclic) bond motifs is 1. The summed E-state index contributed by atoms with van der Waals surface area (Å²) < 4.78 is 27.8. The monoisotopic (exact) mass is 361 g/mol. The fourth-order valence-electron chi connectivity index (χ4n) is 2.48. The quantitative estimate of drug-likeness (QED) is 0.583. The molecule has 0 heterocycles. The van der Waals surface area contributed by atoms with Crippen LogP contribution < -0.4 is 14.9 Å². The summed E-state index contributed by atoms with van der Waals surface area (Å²) in [6.45, 7) is 5.42. The summed E-state index contributed by atoms with van der Waals surface area (Å²) in [7, 11) is 0.141. The summed E-state index contributed by atoms with van der Waals surface area (Å²) in [5, 5.41) is 4.12. The predicted octanol–water partition coefficient (Wildman–Crippen LogP) is 1.88. The van der Waals surface area contributed by atoms with E-state index in [4.69, 9.17) is 0 Å². The Morgan fingerprint density at radius 1 is 1.08 bits per heavy atom. The Hall–Kier alpha value is -2.38. The molecule has 0 aliphatic heterocycles. The molecule has 0 radical (unpaired) electrons. The molecule has 7 heteroatoms. The van der Waals surface area contributed by atoms with Crippen LogP contribution in [0.1, 0.15) is 6.92 Å². The number of hydrogen-bond donors (Lipinski definition) is 2. The number of nitrogens with zero attached hydrogens (tertiary/aromatic N) is 1. The van der Waals surface area contributed by atoms with Crippen molar-refractivity contribution < 1.29 is 13.2 Å². The fourth-order valence-corrected chi connectivity index (χ4v) is 3.73. The Balaban J connectivity index is 2.24. The second-order valence-electron chi connectivity index (χ2n) is 5.96. The van der Waals surface area contributed by atoms with Crippen LogP contribution in [-0.4, -0.2) is 41.5 Å². The van der Waals surface area contributed by atoms with Crippen molar-refractivity contribution in [2.75, 3.05) is 32.1 Å². The van der Waals surface area contributed by atoms with E-state index < -0.39 is 10.0 Å². The topological polar surface area (TPSA) is 78.5 Å². The SMILES string of the molecule is C=C(C)C(=O)NCCNS(=O)(=O)c1cccc2c(N(C)C)cccc12. The molecule has 0 saturated carbocycles. The van der Waals surface area contributed by atoms with Gasteiger partial charge < -0.3 is 10.2 Å². The molecule has 0 bridgehead atoms. The Morgan fingerprint density at radius 3 is 2.36 bits per heavy atom. The van der Waals surface area contributed by atoms with Crippen LogP contribution in [0.25, 0.3) is 10.8 Å². The Labute approximate surface area is 148 Å². The number of benzene rings is 2. The average molecular weight is 361 g/mol. The van der Waals surface area contributed by atoms with Crippen LogP contribution in [0.4, 0.5) is 5.69 Å². The number of carbonyl (C=O) groups is 1. The number of sulfonamides is 1. The molecule has 6 nitrogen and oxygen atoms in total. The summed E-state index contributed by atoms with van der Waals surface area (Å²) in [5.74, 6) is -0.292. The fraction of sp³-hybridized carbons (Fsp3) is 0.278. The minimum Gasteiger partial charge on any atom is -0.377 e. The zero-order valence-corrected chi connectivity index (χ0v) is 15.5. The minimum absolute atomic E-state index is 0.102. The molecule has 134 valence electrons. The highest BCUT2D eigenvalue weighted by atomic mass is 32.2. The standard InChI is InChI=1S/C18H23N3O3S/c1-13(2)18(22)19-11-12-20-25(23,24)17-10-6-7-14-15(17)8-5-9-16(14)21(3)4/h5-10,20H,1,11-12H2,2-4H3,(H,19,22). The second kappa shape index (κ2) is 7.67. The van der Waals surface area contributed by atoms with Gasteiger partial charge in [0.25, 0.3) is 0 Å². The van der Waals surface area contributed by atoms with Crippen molar-refractivity contribution in [2.24, 2.45) is 0 Å². The van der Waals surface area contributed by atoms with E-state index in [0.717, 1.165) is 11.1 Å². The average Bonchev–Trinajstić information content (AvgIpc) is 2.57. The molecule has 0 unspecified atom stereocenters. The highest BCUT2D eigenvalue weighted by Crippen LogP contribution is 2.29. The molecule has 2 rings (SSSR count). The van der Waals surface area contributed by atoms with Crippen LogP contribution in [0, 0.1) is 0 Å². The summed E-state index contributed by atoms with van der Waals surface area (Å²) in [4.78, 5) is 13.6. The maximum absolute atomic E-state index is 12.7. The molecule has 1 amide bonds. The molecule has 0 aliphatic rings. The van der Waals surface area contributed by atoms with E-state index in [1.165, 1.54) is 0 Å². The van der Waals surface area contributed by atoms with Crippen molar-refractivity contribution in [1.82, 2.24) is 10.0 Å². The lowest BCUT2D eigenvalue weighted by molar-refractivity contribution is -0.117. The maximum Gasteiger partial charge on any atom is 0.246 e. The molecule has 0 fully saturated rings. The van der Waals surface area contributed by atoms with Gasteiger partial charge >= 0.3 is 0 Å². The first-order chi connectivity index (χ1) is 11.7. The van der Waals surface area contributed by atoms with E-state index in [-0.39, 0.29) is 23.9 Å². The van der Waals surface area contributed by atoms with E-state index in [1.807, 2.05) is 37.2 Å². The van der Waals surface area contributed by atoms with E-state index in [9.17, 15) is 13.2 Å². The van der Waals surface area contributed by atoms with Crippen LogP contribution in [0.2, 0.25) is 0 Å². The normalized spacial score (nSPS) is 11.3. The number of anilines is 1. The molecule has 2 aromatic carbocycles. The first-order valence-electron chi connectivity index (χ1n) is 7.86. The Kier molecular flexibility index (Phi) is 5.81. The van der Waals surface area contributed by atoms with Gasteiger partial charge in [-0.2, -0.15) is 0 Å². The van der Waals surface area contributed by atoms with Gasteiger partial charge in [-0.05, 0) is 19.1 Å². The number of carbonyl (C=O) groups excluding carboxylic acids is 1. The summed E-state index contributed by atoms with van der Waals surface area (Å²) in [6, 6.07) is 10.8. The first kappa shape index (κ1) is 19.0. The Bertz CT molecular complexity index is 905. The molecular weight excluding hydrogens is 338 g/mol. The number of rotatable bonds is 7. The van der Waals surface area contributed by atoms with Crippen LogP contribution in [0.5, 0.6) is 0 Å². The van der Waals surface area contributed by atoms with E-state index in [2.05, 4.69) is 16.6 Å². The van der Waals surface area contributed by atoms with E-state index in [0.29, 0.717) is 11.0 Å². The summed E-state index contributed by atoms with van der Waals surface area (Å²) >= 11 is 0. The molecule has 2 aromatic rings. The smallest absolute Gasteiger partial charge is 0.246 e. The summed E-state index contributed by atoms with van der Waals surface area (Å²) in [6.07, 6.45) is 0. The van der Waals surface area contributed by atoms with Gasteiger partial charge in [-0.1, -0.05) is 30.8 Å². The van der Waals surface area contributed by atoms with Gasteiger partial charge in [0, 0.05) is 49.2 Å². The Morgan fingerprint density at radius 2 is 1.72 bits per heavy atom. The van der Waals surface area contributed by atoms with Gasteiger partial charge in [-0.25, -0.2) is 13.1 Å². The third-order valence-electron chi connectivity index (χ3n) is 3.72. The molecule has 25 heavy (non-hydrogen) atoms. The highest BCUT2D eigenvalue weighted by Gasteiger charge is 2.18. The number of amides is 1. The lowest BCUT2D eigenvalue weighted by atomic mass is 10.1. The molecule has 0 saturated heterocycles. The van der Waals surface area contributed by atoms with Crippen LogP contribution >= 0.6 is 0 Å². The number of hydrogen-bond acceptors (Lipinski definition) is 4. The molecule has 0 spiro atoms. The van der Waals surface area contributed by atoms with E-state index in [1.54, 1.807) is 25.1 Å². The lowest BCUT2D eigenvalue weighted by Gasteiger charge is -2.17. The van der Waals surface area contributed by atoms with Crippen molar-refractivity contribution in [3.05, 3.63) is 48.6 Å². The van der Waals surface area contributed by atoms with Crippen molar-refractivity contribution >= 4 is 32.4 Å². The molecular formula is C18H23N3O3S. The zero-order valence-electron chi connectivity index (χ0n) is 14.7. The van der Waals surface area contributed by atoms with Crippen LogP contribution in [0.15, 0.2) is 53.4 Å². The van der Waals surface area contributed by atoms with Crippen molar-refractivity contribution in [1.29, 1.82) is 0 Å². The van der Waals surface area contributed by atoms with Gasteiger partial charge in [0.1, 0.15) is 0 Å². The summed E-state index contributed by atoms with van der Waals surface area (Å²) in [5.41, 5.74) is 1.33.